The molecule has 81 valence electrons. The number of sulfonamides is 1. The van der Waals surface area contributed by atoms with Crippen molar-refractivity contribution >= 4 is 15.8 Å². The summed E-state index contributed by atoms with van der Waals surface area (Å²) in [7, 11) is -3.20. The highest BCUT2D eigenvalue weighted by molar-refractivity contribution is 7.89. The van der Waals surface area contributed by atoms with Gasteiger partial charge in [0.1, 0.15) is 0 Å². The summed E-state index contributed by atoms with van der Waals surface area (Å²) in [6.07, 6.45) is 3.61. The second-order valence-electron chi connectivity index (χ2n) is 3.46. The molecule has 1 radical (unpaired) electrons. The number of Topliss-reactive ketones (excluding diaryl/α,β-unsaturated/α-hetero) is 1. The Bertz CT molecular complexity index is 297. The van der Waals surface area contributed by atoms with Crippen LogP contribution in [0.15, 0.2) is 0 Å². The average Bonchev–Trinajstić information content (AvgIpc) is 2.30. The van der Waals surface area contributed by atoms with Crippen molar-refractivity contribution in [2.24, 2.45) is 0 Å². The van der Waals surface area contributed by atoms with Crippen LogP contribution in [0.3, 0.4) is 0 Å². The van der Waals surface area contributed by atoms with Crippen LogP contribution in [0.5, 0.6) is 0 Å². The van der Waals surface area contributed by atoms with Gasteiger partial charge in [0, 0.05) is 13.0 Å². The fourth-order valence-electron chi connectivity index (χ4n) is 1.47. The summed E-state index contributed by atoms with van der Waals surface area (Å²) in [6.45, 7) is 2.33. The molecule has 0 aromatic carbocycles. The Labute approximate surface area is 85.3 Å². The van der Waals surface area contributed by atoms with Crippen molar-refractivity contribution in [3.05, 3.63) is 6.42 Å². The maximum Gasteiger partial charge on any atom is 0.214 e. The fraction of sp³-hybridized carbons (Fsp3) is 0.778. The van der Waals surface area contributed by atoms with Crippen LogP contribution in [-0.4, -0.2) is 37.3 Å². The molecule has 1 aliphatic heterocycles. The molecule has 0 aliphatic carbocycles. The SMILES string of the molecule is CCCS(=O)(=O)N1CCC[CH]C(=O)C1. The number of hydrogen-bond donors (Lipinski definition) is 0. The summed E-state index contributed by atoms with van der Waals surface area (Å²) in [5.74, 6) is 0.0579. The van der Waals surface area contributed by atoms with Crippen LogP contribution in [0, 0.1) is 6.42 Å². The van der Waals surface area contributed by atoms with Crippen LogP contribution in [0.1, 0.15) is 26.2 Å². The first-order chi connectivity index (χ1) is 6.56. The van der Waals surface area contributed by atoms with E-state index in [2.05, 4.69) is 0 Å². The highest BCUT2D eigenvalue weighted by Gasteiger charge is 2.25. The Morgan fingerprint density at radius 3 is 2.86 bits per heavy atom. The van der Waals surface area contributed by atoms with Crippen molar-refractivity contribution < 1.29 is 13.2 Å². The summed E-state index contributed by atoms with van der Waals surface area (Å²) in [4.78, 5) is 11.2. The number of nitrogens with zero attached hydrogens (tertiary/aromatic N) is 1. The minimum absolute atomic E-state index is 0.0301. The van der Waals surface area contributed by atoms with Crippen LogP contribution in [0.2, 0.25) is 0 Å². The number of rotatable bonds is 3. The first kappa shape index (κ1) is 11.7. The van der Waals surface area contributed by atoms with Gasteiger partial charge in [0.2, 0.25) is 10.0 Å². The lowest BCUT2D eigenvalue weighted by Crippen LogP contribution is -2.36. The van der Waals surface area contributed by atoms with E-state index < -0.39 is 10.0 Å². The Hall–Kier alpha value is -0.420. The molecule has 0 N–H and O–H groups in total. The topological polar surface area (TPSA) is 54.5 Å². The van der Waals surface area contributed by atoms with E-state index in [9.17, 15) is 13.2 Å². The summed E-state index contributed by atoms with van der Waals surface area (Å²) in [5.41, 5.74) is 0. The molecule has 0 saturated carbocycles. The van der Waals surface area contributed by atoms with E-state index in [1.807, 2.05) is 6.92 Å². The Morgan fingerprint density at radius 1 is 1.50 bits per heavy atom. The van der Waals surface area contributed by atoms with Gasteiger partial charge in [0.15, 0.2) is 5.78 Å². The largest absolute Gasteiger partial charge is 0.298 e. The second kappa shape index (κ2) is 4.89. The van der Waals surface area contributed by atoms with Crippen LogP contribution < -0.4 is 0 Å². The third-order valence-electron chi connectivity index (χ3n) is 2.17. The Kier molecular flexibility index (Phi) is 4.07. The third kappa shape index (κ3) is 3.06. The molecule has 0 aromatic heterocycles. The maximum atomic E-state index is 11.6. The summed E-state index contributed by atoms with van der Waals surface area (Å²) in [6, 6.07) is 0. The molecule has 0 bridgehead atoms. The van der Waals surface area contributed by atoms with Gasteiger partial charge < -0.3 is 0 Å². The first-order valence-electron chi connectivity index (χ1n) is 4.90. The van der Waals surface area contributed by atoms with Gasteiger partial charge in [-0.1, -0.05) is 6.92 Å². The predicted molar refractivity (Wildman–Crippen MR) is 54.2 cm³/mol. The minimum atomic E-state index is -3.20. The zero-order valence-corrected chi connectivity index (χ0v) is 9.22. The number of carbonyl (C=O) groups is 1. The normalized spacial score (nSPS) is 20.8. The number of carbonyl (C=O) groups excluding carboxylic acids is 1. The van der Waals surface area contributed by atoms with Crippen molar-refractivity contribution in [1.82, 2.24) is 4.31 Å². The van der Waals surface area contributed by atoms with Gasteiger partial charge in [0.25, 0.3) is 0 Å². The second-order valence-corrected chi connectivity index (χ2v) is 5.55. The van der Waals surface area contributed by atoms with Crippen molar-refractivity contribution in [3.63, 3.8) is 0 Å². The van der Waals surface area contributed by atoms with Gasteiger partial charge in [-0.2, -0.15) is 4.31 Å². The molecule has 0 unspecified atom stereocenters. The predicted octanol–water partition coefficient (Wildman–Crippen LogP) is 0.595. The molecule has 0 spiro atoms. The van der Waals surface area contributed by atoms with E-state index in [0.29, 0.717) is 19.4 Å². The lowest BCUT2D eigenvalue weighted by Gasteiger charge is -2.18. The van der Waals surface area contributed by atoms with E-state index in [1.165, 1.54) is 4.31 Å². The van der Waals surface area contributed by atoms with E-state index in [-0.39, 0.29) is 18.1 Å². The monoisotopic (exact) mass is 218 g/mol. The van der Waals surface area contributed by atoms with E-state index in [0.717, 1.165) is 6.42 Å². The van der Waals surface area contributed by atoms with E-state index in [1.54, 1.807) is 6.42 Å². The molecule has 5 heteroatoms. The molecule has 4 nitrogen and oxygen atoms in total. The lowest BCUT2D eigenvalue weighted by atomic mass is 10.2. The van der Waals surface area contributed by atoms with Gasteiger partial charge in [-0.3, -0.25) is 4.79 Å². The smallest absolute Gasteiger partial charge is 0.214 e. The molecule has 1 rings (SSSR count). The lowest BCUT2D eigenvalue weighted by molar-refractivity contribution is -0.115. The van der Waals surface area contributed by atoms with Gasteiger partial charge in [-0.25, -0.2) is 8.42 Å². The van der Waals surface area contributed by atoms with Crippen LogP contribution in [0.25, 0.3) is 0 Å². The third-order valence-corrected chi connectivity index (χ3v) is 4.19. The molecule has 1 aliphatic rings. The van der Waals surface area contributed by atoms with E-state index in [4.69, 9.17) is 0 Å². The summed E-state index contributed by atoms with van der Waals surface area (Å²) >= 11 is 0. The van der Waals surface area contributed by atoms with Crippen molar-refractivity contribution in [2.45, 2.75) is 26.2 Å². The van der Waals surface area contributed by atoms with Crippen molar-refractivity contribution in [1.29, 1.82) is 0 Å². The molecule has 0 aromatic rings. The van der Waals surface area contributed by atoms with E-state index >= 15 is 0 Å². The fourth-order valence-corrected chi connectivity index (χ4v) is 2.98. The molecule has 1 saturated heterocycles. The molecule has 1 heterocycles. The molecular weight excluding hydrogens is 202 g/mol. The molecule has 14 heavy (non-hydrogen) atoms. The summed E-state index contributed by atoms with van der Waals surface area (Å²) in [5, 5.41) is 0. The number of hydrogen-bond acceptors (Lipinski definition) is 3. The van der Waals surface area contributed by atoms with Gasteiger partial charge >= 0.3 is 0 Å². The van der Waals surface area contributed by atoms with Gasteiger partial charge in [-0.15, -0.1) is 0 Å². The molecular formula is C9H16NO3S. The van der Waals surface area contributed by atoms with Crippen LogP contribution in [-0.2, 0) is 14.8 Å². The quantitative estimate of drug-likeness (QED) is 0.697. The van der Waals surface area contributed by atoms with Crippen molar-refractivity contribution in [3.8, 4) is 0 Å². The van der Waals surface area contributed by atoms with Gasteiger partial charge in [-0.05, 0) is 19.3 Å². The van der Waals surface area contributed by atoms with Crippen LogP contribution >= 0.6 is 0 Å². The molecule has 1 fully saturated rings. The molecule has 0 amide bonds. The minimum Gasteiger partial charge on any atom is -0.298 e. The zero-order chi connectivity index (χ0) is 10.6. The Balaban J connectivity index is 2.70. The highest BCUT2D eigenvalue weighted by Crippen LogP contribution is 2.11. The Morgan fingerprint density at radius 2 is 2.21 bits per heavy atom. The molecule has 0 atom stereocenters. The standard InChI is InChI=1S/C9H16NO3S/c1-2-7-14(12,13)10-6-4-3-5-9(11)8-10/h5H,2-4,6-8H2,1H3. The van der Waals surface area contributed by atoms with Crippen LogP contribution in [0.4, 0.5) is 0 Å². The van der Waals surface area contributed by atoms with Gasteiger partial charge in [0.05, 0.1) is 12.3 Å². The zero-order valence-electron chi connectivity index (χ0n) is 8.40. The maximum absolute atomic E-state index is 11.6. The average molecular weight is 218 g/mol. The first-order valence-corrected chi connectivity index (χ1v) is 6.51. The number of ketones is 1. The highest BCUT2D eigenvalue weighted by atomic mass is 32.2. The van der Waals surface area contributed by atoms with Crippen molar-refractivity contribution in [2.75, 3.05) is 18.8 Å². The summed E-state index contributed by atoms with van der Waals surface area (Å²) < 4.78 is 24.6.